The highest BCUT2D eigenvalue weighted by Crippen LogP contribution is 2.18. The number of carbonyl (C=O) groups is 2. The molecule has 0 saturated carbocycles. The van der Waals surface area contributed by atoms with Gasteiger partial charge in [-0.25, -0.2) is 29.8 Å². The lowest BCUT2D eigenvalue weighted by Gasteiger charge is -2.13. The molecule has 162 valence electrons. The van der Waals surface area contributed by atoms with Gasteiger partial charge in [-0.2, -0.15) is 0 Å². The molecule has 0 atom stereocenters. The summed E-state index contributed by atoms with van der Waals surface area (Å²) in [5.41, 5.74) is -0.157. The Hall–Kier alpha value is -5.00. The number of anilines is 2. The Bertz CT molecular complexity index is 1030. The molecule has 32 heavy (non-hydrogen) atoms. The van der Waals surface area contributed by atoms with Crippen molar-refractivity contribution in [3.8, 4) is 0 Å². The first-order valence-corrected chi connectivity index (χ1v) is 8.90. The van der Waals surface area contributed by atoms with Gasteiger partial charge in [0.1, 0.15) is 11.4 Å². The Balaban J connectivity index is 1.71. The summed E-state index contributed by atoms with van der Waals surface area (Å²) in [5.74, 6) is -2.11. The predicted octanol–water partition coefficient (Wildman–Crippen LogP) is 3.23. The van der Waals surface area contributed by atoms with Crippen molar-refractivity contribution in [1.82, 2.24) is 0 Å². The summed E-state index contributed by atoms with van der Waals surface area (Å²) in [5, 5.41) is 21.0. The van der Waals surface area contributed by atoms with Gasteiger partial charge in [0, 0.05) is 0 Å². The summed E-state index contributed by atoms with van der Waals surface area (Å²) in [4.78, 5) is 56.6. The number of hydrazine groups is 2. The lowest BCUT2D eigenvalue weighted by Crippen LogP contribution is -2.33. The number of hydrogen-bond acceptors (Lipinski definition) is 8. The third-order valence-corrected chi connectivity index (χ3v) is 3.95. The summed E-state index contributed by atoms with van der Waals surface area (Å²) >= 11 is 0. The van der Waals surface area contributed by atoms with E-state index in [0.29, 0.717) is 0 Å². The molecule has 0 aliphatic heterocycles. The minimum Gasteiger partial charge on any atom is -0.279 e. The second-order valence-corrected chi connectivity index (χ2v) is 6.03. The number of nitro groups is 2. The van der Waals surface area contributed by atoms with E-state index in [9.17, 15) is 29.8 Å². The number of rotatable bonds is 8. The Morgan fingerprint density at radius 3 is 1.19 bits per heavy atom. The summed E-state index contributed by atoms with van der Waals surface area (Å²) in [6.45, 7) is 0. The van der Waals surface area contributed by atoms with Crippen molar-refractivity contribution in [2.75, 3.05) is 10.3 Å². The van der Waals surface area contributed by atoms with Gasteiger partial charge in [-0.15, -0.1) is 0 Å². The molecule has 12 nitrogen and oxygen atoms in total. The number of nitrogens with zero attached hydrogens (tertiary/aromatic N) is 4. The molecule has 0 fully saturated rings. The molecule has 0 spiro atoms. The fourth-order valence-electron chi connectivity index (χ4n) is 2.48. The molecule has 0 bridgehead atoms. The second-order valence-electron chi connectivity index (χ2n) is 6.03. The molecule has 0 unspecified atom stereocenters. The number of para-hydroxylation sites is 2. The van der Waals surface area contributed by atoms with Crippen LogP contribution < -0.4 is 10.3 Å². The number of benzene rings is 3. The van der Waals surface area contributed by atoms with E-state index in [1.807, 2.05) is 0 Å². The minimum absolute atomic E-state index is 0.0202. The standard InChI is InChI=1S/C20H14N4O8/c25-19(31-21(23(27)28)17-7-3-1-4-8-17)15-11-13-16(14-12-15)20(26)32-22(24(29)30)18-9-5-2-6-10-18/h1-14H. The van der Waals surface area contributed by atoms with E-state index in [2.05, 4.69) is 0 Å². The van der Waals surface area contributed by atoms with E-state index in [1.54, 1.807) is 12.1 Å². The van der Waals surface area contributed by atoms with Crippen LogP contribution in [0.15, 0.2) is 84.9 Å². The van der Waals surface area contributed by atoms with Gasteiger partial charge in [-0.1, -0.05) is 36.4 Å². The van der Waals surface area contributed by atoms with Gasteiger partial charge in [-0.05, 0) is 48.5 Å². The molecule has 12 heteroatoms. The SMILES string of the molecule is O=C(ON(c1ccccc1)[N+](=O)[O-])c1ccc(C(=O)ON(c2ccccc2)[N+](=O)[O-])cc1. The summed E-state index contributed by atoms with van der Waals surface area (Å²) < 4.78 is 0. The Labute approximate surface area is 179 Å². The van der Waals surface area contributed by atoms with E-state index in [1.165, 1.54) is 72.8 Å². The largest absolute Gasteiger partial charge is 0.369 e. The van der Waals surface area contributed by atoms with Gasteiger partial charge < -0.3 is 0 Å². The molecular formula is C20H14N4O8. The molecule has 0 amide bonds. The monoisotopic (exact) mass is 438 g/mol. The van der Waals surface area contributed by atoms with E-state index >= 15 is 0 Å². The summed E-state index contributed by atoms with van der Waals surface area (Å²) in [6, 6.07) is 19.6. The fraction of sp³-hybridized carbons (Fsp3) is 0. The van der Waals surface area contributed by atoms with Crippen LogP contribution in [0, 0.1) is 20.2 Å². The third kappa shape index (κ3) is 5.13. The van der Waals surface area contributed by atoms with Crippen LogP contribution in [0.3, 0.4) is 0 Å². The van der Waals surface area contributed by atoms with E-state index in [4.69, 9.17) is 9.68 Å². The van der Waals surface area contributed by atoms with Crippen molar-refractivity contribution in [3.05, 3.63) is 116 Å². The van der Waals surface area contributed by atoms with E-state index in [0.717, 1.165) is 0 Å². The van der Waals surface area contributed by atoms with Crippen molar-refractivity contribution in [2.45, 2.75) is 0 Å². The number of carbonyl (C=O) groups excluding carboxylic acids is 2. The molecule has 3 aromatic rings. The van der Waals surface area contributed by atoms with Gasteiger partial charge in [0.2, 0.25) is 10.1 Å². The van der Waals surface area contributed by atoms with Crippen molar-refractivity contribution < 1.29 is 29.3 Å². The average molecular weight is 438 g/mol. The molecular weight excluding hydrogens is 424 g/mol. The van der Waals surface area contributed by atoms with Crippen molar-refractivity contribution in [2.24, 2.45) is 0 Å². The summed E-state index contributed by atoms with van der Waals surface area (Å²) in [7, 11) is 0. The van der Waals surface area contributed by atoms with Crippen LogP contribution in [-0.2, 0) is 9.68 Å². The van der Waals surface area contributed by atoms with E-state index in [-0.39, 0.29) is 32.8 Å². The quantitative estimate of drug-likeness (QED) is 0.379. The molecule has 0 N–H and O–H groups in total. The molecule has 0 aliphatic rings. The molecule has 3 aromatic carbocycles. The highest BCUT2D eigenvalue weighted by molar-refractivity contribution is 5.93. The molecule has 0 radical (unpaired) electrons. The van der Waals surface area contributed by atoms with Crippen LogP contribution in [0.2, 0.25) is 0 Å². The smallest absolute Gasteiger partial charge is 0.279 e. The molecule has 0 aliphatic carbocycles. The fourth-order valence-corrected chi connectivity index (χ4v) is 2.48. The maximum absolute atomic E-state index is 12.3. The van der Waals surface area contributed by atoms with Crippen molar-refractivity contribution >= 4 is 23.3 Å². The Kier molecular flexibility index (Phi) is 6.56. The first-order chi connectivity index (χ1) is 15.4. The van der Waals surface area contributed by atoms with Crippen LogP contribution in [0.4, 0.5) is 11.4 Å². The zero-order chi connectivity index (χ0) is 23.1. The normalized spacial score (nSPS) is 10.0. The Morgan fingerprint density at radius 1 is 0.594 bits per heavy atom. The zero-order valence-corrected chi connectivity index (χ0v) is 16.1. The summed E-state index contributed by atoms with van der Waals surface area (Å²) in [6.07, 6.45) is 0. The third-order valence-electron chi connectivity index (χ3n) is 3.95. The first-order valence-electron chi connectivity index (χ1n) is 8.90. The molecule has 3 rings (SSSR count). The number of hydrogen-bond donors (Lipinski definition) is 0. The van der Waals surface area contributed by atoms with Gasteiger partial charge in [0.05, 0.1) is 21.5 Å². The van der Waals surface area contributed by atoms with Crippen LogP contribution in [-0.4, -0.2) is 22.0 Å². The lowest BCUT2D eigenvalue weighted by atomic mass is 10.1. The van der Waals surface area contributed by atoms with E-state index < -0.39 is 22.0 Å². The average Bonchev–Trinajstić information content (AvgIpc) is 2.81. The Morgan fingerprint density at radius 2 is 0.906 bits per heavy atom. The highest BCUT2D eigenvalue weighted by atomic mass is 16.9. The second kappa shape index (κ2) is 9.67. The molecule has 0 saturated heterocycles. The minimum atomic E-state index is -1.05. The zero-order valence-electron chi connectivity index (χ0n) is 16.1. The van der Waals surface area contributed by atoms with Crippen LogP contribution >= 0.6 is 0 Å². The maximum atomic E-state index is 12.3. The highest BCUT2D eigenvalue weighted by Gasteiger charge is 2.26. The van der Waals surface area contributed by atoms with Gasteiger partial charge >= 0.3 is 11.9 Å². The topological polar surface area (TPSA) is 145 Å². The van der Waals surface area contributed by atoms with Crippen LogP contribution in [0.25, 0.3) is 0 Å². The lowest BCUT2D eigenvalue weighted by molar-refractivity contribution is -0.538. The van der Waals surface area contributed by atoms with Gasteiger partial charge in [0.15, 0.2) is 0 Å². The maximum Gasteiger partial charge on any atom is 0.369 e. The molecule has 0 heterocycles. The van der Waals surface area contributed by atoms with Crippen molar-refractivity contribution in [1.29, 1.82) is 0 Å². The molecule has 0 aromatic heterocycles. The van der Waals surface area contributed by atoms with Crippen LogP contribution in [0.5, 0.6) is 0 Å². The van der Waals surface area contributed by atoms with Crippen LogP contribution in [0.1, 0.15) is 20.7 Å². The van der Waals surface area contributed by atoms with Gasteiger partial charge in [-0.3, -0.25) is 9.68 Å². The van der Waals surface area contributed by atoms with Crippen molar-refractivity contribution in [3.63, 3.8) is 0 Å². The predicted molar refractivity (Wildman–Crippen MR) is 109 cm³/mol. The van der Waals surface area contributed by atoms with Gasteiger partial charge in [0.25, 0.3) is 0 Å². The first kappa shape index (κ1) is 21.7.